The van der Waals surface area contributed by atoms with Crippen LogP contribution in [0.2, 0.25) is 0 Å². The van der Waals surface area contributed by atoms with E-state index in [4.69, 9.17) is 5.26 Å². The summed E-state index contributed by atoms with van der Waals surface area (Å²) in [6, 6.07) is 6.69. The molecule has 0 amide bonds. The lowest BCUT2D eigenvalue weighted by Crippen LogP contribution is -1.99. The summed E-state index contributed by atoms with van der Waals surface area (Å²) in [6.45, 7) is 0. The lowest BCUT2D eigenvalue weighted by molar-refractivity contribution is 0.449. The highest BCUT2D eigenvalue weighted by molar-refractivity contribution is 5.62. The summed E-state index contributed by atoms with van der Waals surface area (Å²) in [5.41, 5.74) is -0.277. The minimum atomic E-state index is -1.62. The zero-order valence-corrected chi connectivity index (χ0v) is 9.35. The summed E-state index contributed by atoms with van der Waals surface area (Å²) in [4.78, 5) is 0. The summed E-state index contributed by atoms with van der Waals surface area (Å²) in [7, 11) is 0. The van der Waals surface area contributed by atoms with Crippen molar-refractivity contribution in [3.63, 3.8) is 0 Å². The first-order valence-electron chi connectivity index (χ1n) is 5.12. The van der Waals surface area contributed by atoms with Crippen LogP contribution in [0.4, 0.5) is 28.9 Å². The summed E-state index contributed by atoms with van der Waals surface area (Å²) in [5.74, 6) is -5.06. The first-order chi connectivity index (χ1) is 9.01. The molecule has 0 saturated carbocycles. The Morgan fingerprint density at radius 3 is 2.37 bits per heavy atom. The fourth-order valence-corrected chi connectivity index (χ4v) is 1.50. The minimum absolute atomic E-state index is 0.0190. The van der Waals surface area contributed by atoms with Gasteiger partial charge >= 0.3 is 0 Å². The van der Waals surface area contributed by atoms with Crippen molar-refractivity contribution >= 4 is 11.4 Å². The standard InChI is InChI=1S/C13H6F4N2/c14-8-3-7(6-18)4-9(5-8)19-11-2-1-10(15)12(16)13(11)17/h1-5,19H. The third-order valence-electron chi connectivity index (χ3n) is 2.34. The molecule has 0 radical (unpaired) electrons. The van der Waals surface area contributed by atoms with Gasteiger partial charge in [-0.3, -0.25) is 0 Å². The third-order valence-corrected chi connectivity index (χ3v) is 2.34. The van der Waals surface area contributed by atoms with Crippen molar-refractivity contribution in [1.82, 2.24) is 0 Å². The van der Waals surface area contributed by atoms with Crippen LogP contribution in [-0.2, 0) is 0 Å². The molecule has 0 spiro atoms. The Labute approximate surface area is 105 Å². The Morgan fingerprint density at radius 1 is 0.947 bits per heavy atom. The summed E-state index contributed by atoms with van der Waals surface area (Å²) < 4.78 is 52.3. The Kier molecular flexibility index (Phi) is 3.38. The van der Waals surface area contributed by atoms with Crippen LogP contribution in [0.15, 0.2) is 30.3 Å². The monoisotopic (exact) mass is 266 g/mol. The van der Waals surface area contributed by atoms with E-state index in [9.17, 15) is 17.6 Å². The SMILES string of the molecule is N#Cc1cc(F)cc(Nc2ccc(F)c(F)c2F)c1. The molecule has 0 unspecified atom stereocenters. The quantitative estimate of drug-likeness (QED) is 0.661. The molecule has 0 aromatic heterocycles. The van der Waals surface area contributed by atoms with E-state index < -0.39 is 23.3 Å². The van der Waals surface area contributed by atoms with Crippen molar-refractivity contribution in [3.05, 3.63) is 59.2 Å². The molecule has 2 nitrogen and oxygen atoms in total. The molecule has 0 saturated heterocycles. The Bertz CT molecular complexity index is 677. The maximum Gasteiger partial charge on any atom is 0.196 e. The average Bonchev–Trinajstić information content (AvgIpc) is 2.39. The van der Waals surface area contributed by atoms with Crippen molar-refractivity contribution in [2.24, 2.45) is 0 Å². The van der Waals surface area contributed by atoms with E-state index >= 15 is 0 Å². The van der Waals surface area contributed by atoms with Crippen molar-refractivity contribution < 1.29 is 17.6 Å². The summed E-state index contributed by atoms with van der Waals surface area (Å²) in [6.07, 6.45) is 0. The largest absolute Gasteiger partial charge is 0.353 e. The molecule has 19 heavy (non-hydrogen) atoms. The van der Waals surface area contributed by atoms with Crippen LogP contribution in [-0.4, -0.2) is 0 Å². The fraction of sp³-hybridized carbons (Fsp3) is 0. The molecule has 0 aliphatic carbocycles. The number of nitrogens with one attached hydrogen (secondary N) is 1. The number of halogens is 4. The van der Waals surface area contributed by atoms with Crippen LogP contribution in [0, 0.1) is 34.6 Å². The number of benzene rings is 2. The van der Waals surface area contributed by atoms with Crippen LogP contribution < -0.4 is 5.32 Å². The molecule has 1 N–H and O–H groups in total. The molecular formula is C13H6F4N2. The average molecular weight is 266 g/mol. The third kappa shape index (κ3) is 2.65. The zero-order valence-electron chi connectivity index (χ0n) is 9.35. The van der Waals surface area contributed by atoms with E-state index in [2.05, 4.69) is 5.32 Å². The normalized spacial score (nSPS) is 10.1. The van der Waals surface area contributed by atoms with Gasteiger partial charge < -0.3 is 5.32 Å². The molecule has 2 aromatic carbocycles. The maximum absolute atomic E-state index is 13.4. The molecule has 0 aliphatic rings. The first kappa shape index (κ1) is 12.9. The second kappa shape index (κ2) is 4.98. The van der Waals surface area contributed by atoms with Gasteiger partial charge in [0.1, 0.15) is 5.82 Å². The molecule has 2 aromatic rings. The molecule has 6 heteroatoms. The van der Waals surface area contributed by atoms with Crippen molar-refractivity contribution in [2.75, 3.05) is 5.32 Å². The summed E-state index contributed by atoms with van der Waals surface area (Å²) in [5, 5.41) is 11.0. The number of nitrogens with zero attached hydrogens (tertiary/aromatic N) is 1. The molecule has 0 atom stereocenters. The van der Waals surface area contributed by atoms with Gasteiger partial charge in [0.25, 0.3) is 0 Å². The Morgan fingerprint density at radius 2 is 1.68 bits per heavy atom. The van der Waals surface area contributed by atoms with Gasteiger partial charge in [-0.1, -0.05) is 0 Å². The fourth-order valence-electron chi connectivity index (χ4n) is 1.50. The van der Waals surface area contributed by atoms with Gasteiger partial charge in [-0.2, -0.15) is 5.26 Å². The van der Waals surface area contributed by atoms with Gasteiger partial charge in [-0.15, -0.1) is 0 Å². The van der Waals surface area contributed by atoms with Gasteiger partial charge in [0.15, 0.2) is 17.5 Å². The van der Waals surface area contributed by atoms with E-state index in [-0.39, 0.29) is 16.9 Å². The van der Waals surface area contributed by atoms with E-state index in [1.807, 2.05) is 0 Å². The van der Waals surface area contributed by atoms with Gasteiger partial charge in [0, 0.05) is 5.69 Å². The van der Waals surface area contributed by atoms with E-state index in [1.54, 1.807) is 6.07 Å². The lowest BCUT2D eigenvalue weighted by atomic mass is 10.2. The molecule has 2 rings (SSSR count). The molecule has 0 aliphatic heterocycles. The highest BCUT2D eigenvalue weighted by Gasteiger charge is 2.13. The topological polar surface area (TPSA) is 35.8 Å². The predicted octanol–water partition coefficient (Wildman–Crippen LogP) is 3.86. The van der Waals surface area contributed by atoms with Crippen LogP contribution in [0.5, 0.6) is 0 Å². The lowest BCUT2D eigenvalue weighted by Gasteiger charge is -2.09. The molecule has 0 bridgehead atoms. The number of anilines is 2. The van der Waals surface area contributed by atoms with E-state index in [0.717, 1.165) is 24.3 Å². The van der Waals surface area contributed by atoms with Crippen LogP contribution >= 0.6 is 0 Å². The predicted molar refractivity (Wildman–Crippen MR) is 60.7 cm³/mol. The molecule has 96 valence electrons. The first-order valence-corrected chi connectivity index (χ1v) is 5.12. The smallest absolute Gasteiger partial charge is 0.196 e. The maximum atomic E-state index is 13.4. The van der Waals surface area contributed by atoms with E-state index in [1.165, 1.54) is 6.07 Å². The van der Waals surface area contributed by atoms with Gasteiger partial charge in [-0.05, 0) is 30.3 Å². The zero-order chi connectivity index (χ0) is 14.0. The van der Waals surface area contributed by atoms with Crippen LogP contribution in [0.25, 0.3) is 0 Å². The molecule has 0 fully saturated rings. The number of nitriles is 1. The second-order valence-electron chi connectivity index (χ2n) is 3.69. The van der Waals surface area contributed by atoms with Gasteiger partial charge in [-0.25, -0.2) is 17.6 Å². The molecular weight excluding hydrogens is 260 g/mol. The second-order valence-corrected chi connectivity index (χ2v) is 3.69. The number of rotatable bonds is 2. The van der Waals surface area contributed by atoms with Crippen molar-refractivity contribution in [1.29, 1.82) is 5.26 Å². The van der Waals surface area contributed by atoms with Crippen LogP contribution in [0.1, 0.15) is 5.56 Å². The highest BCUT2D eigenvalue weighted by atomic mass is 19.2. The van der Waals surface area contributed by atoms with Crippen LogP contribution in [0.3, 0.4) is 0 Å². The van der Waals surface area contributed by atoms with E-state index in [0.29, 0.717) is 0 Å². The summed E-state index contributed by atoms with van der Waals surface area (Å²) >= 11 is 0. The van der Waals surface area contributed by atoms with Gasteiger partial charge in [0.05, 0.1) is 17.3 Å². The Hall–Kier alpha value is -2.55. The number of hydrogen-bond donors (Lipinski definition) is 1. The Balaban J connectivity index is 2.40. The van der Waals surface area contributed by atoms with Gasteiger partial charge in [0.2, 0.25) is 0 Å². The van der Waals surface area contributed by atoms with Crippen molar-refractivity contribution in [3.8, 4) is 6.07 Å². The number of hydrogen-bond acceptors (Lipinski definition) is 2. The van der Waals surface area contributed by atoms with Crippen molar-refractivity contribution in [2.45, 2.75) is 0 Å². The molecule has 0 heterocycles. The highest BCUT2D eigenvalue weighted by Crippen LogP contribution is 2.24. The minimum Gasteiger partial charge on any atom is -0.353 e.